The van der Waals surface area contributed by atoms with Gasteiger partial charge in [-0.3, -0.25) is 19.2 Å². The van der Waals surface area contributed by atoms with Gasteiger partial charge in [0.2, 0.25) is 11.7 Å². The third-order valence-corrected chi connectivity index (χ3v) is 4.09. The number of amides is 1. The van der Waals surface area contributed by atoms with Crippen LogP contribution in [0, 0.1) is 11.3 Å². The number of hydrogen-bond acceptors (Lipinski definition) is 8. The molecule has 0 saturated heterocycles. The molecule has 0 unspecified atom stereocenters. The summed E-state index contributed by atoms with van der Waals surface area (Å²) in [6.07, 6.45) is -0.0194. The molecule has 3 N–H and O–H groups in total. The van der Waals surface area contributed by atoms with E-state index >= 15 is 0 Å². The van der Waals surface area contributed by atoms with Gasteiger partial charge in [0, 0.05) is 25.1 Å². The molecule has 0 atom stereocenters. The van der Waals surface area contributed by atoms with E-state index in [-0.39, 0.29) is 48.8 Å². The van der Waals surface area contributed by atoms with Crippen molar-refractivity contribution in [3.05, 3.63) is 33.7 Å². The van der Waals surface area contributed by atoms with Gasteiger partial charge in [-0.05, 0) is 18.4 Å². The van der Waals surface area contributed by atoms with Gasteiger partial charge in [-0.1, -0.05) is 6.07 Å². The minimum absolute atomic E-state index is 0.0237. The molecule has 138 valence electrons. The number of hydrogen-bond donors (Lipinski definition) is 2. The fourth-order valence-corrected chi connectivity index (χ4v) is 2.54. The number of thiophene rings is 1. The molecular formula is C17H19N3O5S. The van der Waals surface area contributed by atoms with Crippen molar-refractivity contribution in [3.63, 3.8) is 0 Å². The maximum absolute atomic E-state index is 11.8. The van der Waals surface area contributed by atoms with Crippen molar-refractivity contribution in [1.82, 2.24) is 5.32 Å². The van der Waals surface area contributed by atoms with Crippen molar-refractivity contribution >= 4 is 34.8 Å². The smallest absolute Gasteiger partial charge is 0.308 e. The van der Waals surface area contributed by atoms with Gasteiger partial charge in [0.05, 0.1) is 11.3 Å². The Morgan fingerprint density at radius 2 is 2.00 bits per heavy atom. The molecule has 0 saturated carbocycles. The summed E-state index contributed by atoms with van der Waals surface area (Å²) in [5.74, 6) is -1.84. The van der Waals surface area contributed by atoms with Crippen molar-refractivity contribution in [2.45, 2.75) is 26.2 Å². The Morgan fingerprint density at radius 1 is 1.27 bits per heavy atom. The molecule has 1 rings (SSSR count). The van der Waals surface area contributed by atoms with Crippen LogP contribution in [-0.4, -0.2) is 36.6 Å². The van der Waals surface area contributed by atoms with E-state index in [4.69, 9.17) is 15.7 Å². The summed E-state index contributed by atoms with van der Waals surface area (Å²) in [5, 5.41) is 13.0. The predicted molar refractivity (Wildman–Crippen MR) is 94.0 cm³/mol. The lowest BCUT2D eigenvalue weighted by Gasteiger charge is -2.06. The Morgan fingerprint density at radius 3 is 2.58 bits per heavy atom. The topological polar surface area (TPSA) is 139 Å². The zero-order valence-electron chi connectivity index (χ0n) is 14.2. The first-order valence-electron chi connectivity index (χ1n) is 7.73. The maximum atomic E-state index is 11.8. The van der Waals surface area contributed by atoms with Crippen LogP contribution in [-0.2, 0) is 19.1 Å². The molecule has 0 aliphatic rings. The van der Waals surface area contributed by atoms with Crippen molar-refractivity contribution in [3.8, 4) is 6.07 Å². The van der Waals surface area contributed by atoms with Gasteiger partial charge >= 0.3 is 5.97 Å². The van der Waals surface area contributed by atoms with E-state index in [2.05, 4.69) is 5.32 Å². The number of nitriles is 1. The average molecular weight is 377 g/mol. The average Bonchev–Trinajstić information content (AvgIpc) is 3.12. The first-order valence-corrected chi connectivity index (χ1v) is 8.61. The molecule has 26 heavy (non-hydrogen) atoms. The number of esters is 1. The summed E-state index contributed by atoms with van der Waals surface area (Å²) in [4.78, 5) is 47.1. The van der Waals surface area contributed by atoms with Gasteiger partial charge in [0.25, 0.3) is 0 Å². The van der Waals surface area contributed by atoms with E-state index in [1.54, 1.807) is 23.6 Å². The molecule has 0 aliphatic carbocycles. The van der Waals surface area contributed by atoms with E-state index in [0.717, 1.165) is 0 Å². The SMILES string of the molecule is C/C(N)=C(\C#N)C(=O)COC(=O)CCNC(=O)CCC(=O)c1cccs1. The molecule has 1 aromatic heterocycles. The quantitative estimate of drug-likeness (QED) is 0.269. The summed E-state index contributed by atoms with van der Waals surface area (Å²) in [6, 6.07) is 5.10. The third kappa shape index (κ3) is 7.27. The molecule has 0 aromatic carbocycles. The highest BCUT2D eigenvalue weighted by molar-refractivity contribution is 7.12. The number of Topliss-reactive ketones (excluding diaryl/α,β-unsaturated/α-hetero) is 2. The third-order valence-electron chi connectivity index (χ3n) is 3.18. The largest absolute Gasteiger partial charge is 0.457 e. The van der Waals surface area contributed by atoms with Gasteiger partial charge in [-0.25, -0.2) is 0 Å². The number of ether oxygens (including phenoxy) is 1. The predicted octanol–water partition coefficient (Wildman–Crippen LogP) is 1.09. The minimum Gasteiger partial charge on any atom is -0.457 e. The van der Waals surface area contributed by atoms with Crippen LogP contribution in [0.4, 0.5) is 0 Å². The van der Waals surface area contributed by atoms with Gasteiger partial charge in [-0.2, -0.15) is 5.26 Å². The van der Waals surface area contributed by atoms with Crippen LogP contribution in [0.2, 0.25) is 0 Å². The number of carbonyl (C=O) groups is 4. The zero-order chi connectivity index (χ0) is 19.5. The highest BCUT2D eigenvalue weighted by Gasteiger charge is 2.15. The van der Waals surface area contributed by atoms with E-state index < -0.39 is 18.4 Å². The van der Waals surface area contributed by atoms with Crippen molar-refractivity contribution in [2.24, 2.45) is 5.73 Å². The molecule has 0 fully saturated rings. The molecule has 9 heteroatoms. The monoisotopic (exact) mass is 377 g/mol. The Kier molecular flexibility index (Phi) is 8.74. The molecule has 8 nitrogen and oxygen atoms in total. The summed E-state index contributed by atoms with van der Waals surface area (Å²) in [5.41, 5.74) is 5.18. The fourth-order valence-electron chi connectivity index (χ4n) is 1.84. The lowest BCUT2D eigenvalue weighted by Crippen LogP contribution is -2.27. The summed E-state index contributed by atoms with van der Waals surface area (Å²) in [7, 11) is 0. The second-order valence-electron chi connectivity index (χ2n) is 5.25. The van der Waals surface area contributed by atoms with E-state index in [9.17, 15) is 19.2 Å². The van der Waals surface area contributed by atoms with Crippen LogP contribution in [0.25, 0.3) is 0 Å². The van der Waals surface area contributed by atoms with Crippen molar-refractivity contribution in [2.75, 3.05) is 13.2 Å². The number of nitrogens with one attached hydrogen (secondary N) is 1. The Balaban J connectivity index is 2.22. The molecule has 0 spiro atoms. The molecule has 1 heterocycles. The van der Waals surface area contributed by atoms with Crippen LogP contribution < -0.4 is 11.1 Å². The Labute approximate surface area is 154 Å². The second-order valence-corrected chi connectivity index (χ2v) is 6.20. The molecule has 0 radical (unpaired) electrons. The normalized spacial score (nSPS) is 11.1. The minimum atomic E-state index is -0.694. The number of allylic oxidation sites excluding steroid dienone is 1. The second kappa shape index (κ2) is 10.8. The number of nitrogens with two attached hydrogens (primary N) is 1. The van der Waals surface area contributed by atoms with Gasteiger partial charge in [-0.15, -0.1) is 11.3 Å². The number of carbonyl (C=O) groups excluding carboxylic acids is 4. The first kappa shape index (κ1) is 21.1. The highest BCUT2D eigenvalue weighted by atomic mass is 32.1. The summed E-state index contributed by atoms with van der Waals surface area (Å²) in [6.45, 7) is 0.840. The Bertz CT molecular complexity index is 743. The van der Waals surface area contributed by atoms with Crippen LogP contribution in [0.5, 0.6) is 0 Å². The highest BCUT2D eigenvalue weighted by Crippen LogP contribution is 2.12. The van der Waals surface area contributed by atoms with Crippen molar-refractivity contribution < 1.29 is 23.9 Å². The lowest BCUT2D eigenvalue weighted by molar-refractivity contribution is -0.147. The van der Waals surface area contributed by atoms with Crippen LogP contribution in [0.1, 0.15) is 35.9 Å². The number of ketones is 2. The van der Waals surface area contributed by atoms with E-state index in [1.165, 1.54) is 18.3 Å². The van der Waals surface area contributed by atoms with E-state index in [1.807, 2.05) is 0 Å². The molecule has 0 aliphatic heterocycles. The molecule has 1 aromatic rings. The van der Waals surface area contributed by atoms with Gasteiger partial charge in [0.15, 0.2) is 12.4 Å². The number of rotatable bonds is 10. The Hall–Kier alpha value is -2.99. The fraction of sp³-hybridized carbons (Fsp3) is 0.353. The zero-order valence-corrected chi connectivity index (χ0v) is 15.1. The lowest BCUT2D eigenvalue weighted by atomic mass is 10.1. The van der Waals surface area contributed by atoms with Gasteiger partial charge in [0.1, 0.15) is 11.6 Å². The molecule has 1 amide bonds. The first-order chi connectivity index (χ1) is 12.3. The van der Waals surface area contributed by atoms with Crippen LogP contribution >= 0.6 is 11.3 Å². The summed E-state index contributed by atoms with van der Waals surface area (Å²) >= 11 is 1.32. The standard InChI is InChI=1S/C17H19N3O5S/c1-11(19)12(9-18)14(22)10-25-17(24)6-7-20-16(23)5-4-13(21)15-3-2-8-26-15/h2-3,8H,4-7,10,19H2,1H3,(H,20,23)/b12-11-. The summed E-state index contributed by atoms with van der Waals surface area (Å²) < 4.78 is 4.73. The molecular weight excluding hydrogens is 358 g/mol. The number of nitrogens with zero attached hydrogens (tertiary/aromatic N) is 1. The van der Waals surface area contributed by atoms with E-state index in [0.29, 0.717) is 4.88 Å². The van der Waals surface area contributed by atoms with Crippen LogP contribution in [0.3, 0.4) is 0 Å². The van der Waals surface area contributed by atoms with Gasteiger partial charge < -0.3 is 15.8 Å². The van der Waals surface area contributed by atoms with Crippen LogP contribution in [0.15, 0.2) is 28.8 Å². The molecule has 0 bridgehead atoms. The maximum Gasteiger partial charge on any atom is 0.308 e. The van der Waals surface area contributed by atoms with Crippen molar-refractivity contribution in [1.29, 1.82) is 5.26 Å².